The summed E-state index contributed by atoms with van der Waals surface area (Å²) in [5, 5.41) is 3.32. The Morgan fingerprint density at radius 1 is 1.10 bits per heavy atom. The molecular formula is C17H17BrFNO. The Hall–Kier alpha value is -1.68. The summed E-state index contributed by atoms with van der Waals surface area (Å²) in [4.78, 5) is 12.7. The maximum Gasteiger partial charge on any atom is 0.196 e. The first-order valence-corrected chi connectivity index (χ1v) is 7.44. The van der Waals surface area contributed by atoms with Crippen molar-refractivity contribution < 1.29 is 9.18 Å². The maximum absolute atomic E-state index is 13.2. The highest BCUT2D eigenvalue weighted by Crippen LogP contribution is 2.26. The number of para-hydroxylation sites is 1. The first kappa shape index (κ1) is 15.7. The summed E-state index contributed by atoms with van der Waals surface area (Å²) in [6, 6.07) is 11.4. The van der Waals surface area contributed by atoms with Crippen LogP contribution in [0.15, 0.2) is 46.9 Å². The van der Waals surface area contributed by atoms with Crippen molar-refractivity contribution in [1.29, 1.82) is 0 Å². The van der Waals surface area contributed by atoms with E-state index in [2.05, 4.69) is 21.2 Å². The molecule has 1 N–H and O–H groups in total. The van der Waals surface area contributed by atoms with Gasteiger partial charge in [0.1, 0.15) is 5.82 Å². The van der Waals surface area contributed by atoms with Crippen molar-refractivity contribution >= 4 is 27.4 Å². The highest BCUT2D eigenvalue weighted by atomic mass is 79.9. The summed E-state index contributed by atoms with van der Waals surface area (Å²) >= 11 is 3.25. The van der Waals surface area contributed by atoms with Crippen molar-refractivity contribution in [1.82, 2.24) is 0 Å². The highest BCUT2D eigenvalue weighted by molar-refractivity contribution is 9.10. The summed E-state index contributed by atoms with van der Waals surface area (Å²) in [5.74, 6) is -0.520. The molecule has 0 fully saturated rings. The van der Waals surface area contributed by atoms with Crippen molar-refractivity contribution in [3.63, 3.8) is 0 Å². The lowest BCUT2D eigenvalue weighted by molar-refractivity contribution is 0.103. The van der Waals surface area contributed by atoms with E-state index in [1.54, 1.807) is 6.07 Å². The van der Waals surface area contributed by atoms with Gasteiger partial charge in [0.25, 0.3) is 0 Å². The van der Waals surface area contributed by atoms with Gasteiger partial charge in [-0.1, -0.05) is 12.1 Å². The molecule has 0 aromatic heterocycles. The molecule has 0 radical (unpaired) electrons. The average Bonchev–Trinajstić information content (AvgIpc) is 2.36. The van der Waals surface area contributed by atoms with Crippen LogP contribution >= 0.6 is 15.9 Å². The van der Waals surface area contributed by atoms with Crippen LogP contribution in [-0.2, 0) is 0 Å². The fourth-order valence-corrected chi connectivity index (χ4v) is 2.54. The summed E-state index contributed by atoms with van der Waals surface area (Å²) in [5.41, 5.74) is 1.63. The second-order valence-corrected chi connectivity index (χ2v) is 6.73. The van der Waals surface area contributed by atoms with Crippen LogP contribution in [-0.4, -0.2) is 11.3 Å². The van der Waals surface area contributed by atoms with E-state index in [4.69, 9.17) is 0 Å². The third-order valence-corrected chi connectivity index (χ3v) is 3.51. The zero-order valence-corrected chi connectivity index (χ0v) is 13.8. The normalized spacial score (nSPS) is 11.3. The molecule has 2 aromatic rings. The lowest BCUT2D eigenvalue weighted by atomic mass is 10.00. The molecule has 0 saturated heterocycles. The standard InChI is InChI=1S/C17H17BrFNO/c1-17(2,3)20-15-7-5-4-6-13(15)16(21)12-9-8-11(19)10-14(12)18/h4-10,20H,1-3H3. The first-order valence-electron chi connectivity index (χ1n) is 6.65. The molecular weight excluding hydrogens is 333 g/mol. The van der Waals surface area contributed by atoms with E-state index in [9.17, 15) is 9.18 Å². The molecule has 21 heavy (non-hydrogen) atoms. The molecule has 0 amide bonds. The van der Waals surface area contributed by atoms with Crippen LogP contribution in [0, 0.1) is 5.82 Å². The van der Waals surface area contributed by atoms with Gasteiger partial charge in [-0.15, -0.1) is 0 Å². The van der Waals surface area contributed by atoms with E-state index in [0.717, 1.165) is 5.69 Å². The summed E-state index contributed by atoms with van der Waals surface area (Å²) in [6.07, 6.45) is 0. The van der Waals surface area contributed by atoms with Crippen molar-refractivity contribution in [2.75, 3.05) is 5.32 Å². The van der Waals surface area contributed by atoms with E-state index in [-0.39, 0.29) is 17.1 Å². The zero-order chi connectivity index (χ0) is 15.6. The molecule has 0 spiro atoms. The van der Waals surface area contributed by atoms with Crippen LogP contribution < -0.4 is 5.32 Å². The molecule has 110 valence electrons. The monoisotopic (exact) mass is 349 g/mol. The van der Waals surface area contributed by atoms with E-state index in [1.807, 2.05) is 39.0 Å². The topological polar surface area (TPSA) is 29.1 Å². The van der Waals surface area contributed by atoms with Gasteiger partial charge in [-0.2, -0.15) is 0 Å². The smallest absolute Gasteiger partial charge is 0.196 e. The second kappa shape index (κ2) is 5.98. The molecule has 0 unspecified atom stereocenters. The van der Waals surface area contributed by atoms with Crippen molar-refractivity contribution in [2.45, 2.75) is 26.3 Å². The summed E-state index contributed by atoms with van der Waals surface area (Å²) in [6.45, 7) is 6.09. The number of hydrogen-bond donors (Lipinski definition) is 1. The number of carbonyl (C=O) groups is 1. The van der Waals surface area contributed by atoms with Gasteiger partial charge in [-0.05, 0) is 67.0 Å². The third-order valence-electron chi connectivity index (χ3n) is 2.86. The lowest BCUT2D eigenvalue weighted by Crippen LogP contribution is -2.27. The Balaban J connectivity index is 2.44. The molecule has 2 aromatic carbocycles. The molecule has 0 aliphatic carbocycles. The van der Waals surface area contributed by atoms with E-state index >= 15 is 0 Å². The van der Waals surface area contributed by atoms with Crippen LogP contribution in [0.2, 0.25) is 0 Å². The molecule has 0 heterocycles. The molecule has 0 bridgehead atoms. The van der Waals surface area contributed by atoms with Crippen LogP contribution in [0.5, 0.6) is 0 Å². The van der Waals surface area contributed by atoms with Gasteiger partial charge in [-0.3, -0.25) is 4.79 Å². The van der Waals surface area contributed by atoms with Crippen LogP contribution in [0.4, 0.5) is 10.1 Å². The molecule has 0 aliphatic heterocycles. The molecule has 0 saturated carbocycles. The van der Waals surface area contributed by atoms with Gasteiger partial charge in [0, 0.05) is 26.8 Å². The molecule has 2 nitrogen and oxygen atoms in total. The van der Waals surface area contributed by atoms with E-state index < -0.39 is 0 Å². The maximum atomic E-state index is 13.2. The summed E-state index contributed by atoms with van der Waals surface area (Å²) < 4.78 is 13.6. The number of carbonyl (C=O) groups excluding carboxylic acids is 1. The Labute approximate surface area is 132 Å². The Kier molecular flexibility index (Phi) is 4.47. The van der Waals surface area contributed by atoms with Crippen molar-refractivity contribution in [3.05, 3.63) is 63.9 Å². The van der Waals surface area contributed by atoms with Crippen LogP contribution in [0.25, 0.3) is 0 Å². The van der Waals surface area contributed by atoms with E-state index in [1.165, 1.54) is 18.2 Å². The number of hydrogen-bond acceptors (Lipinski definition) is 2. The number of rotatable bonds is 3. The zero-order valence-electron chi connectivity index (χ0n) is 12.2. The number of benzene rings is 2. The van der Waals surface area contributed by atoms with E-state index in [0.29, 0.717) is 15.6 Å². The lowest BCUT2D eigenvalue weighted by Gasteiger charge is -2.24. The third kappa shape index (κ3) is 3.91. The van der Waals surface area contributed by atoms with Crippen molar-refractivity contribution in [2.24, 2.45) is 0 Å². The van der Waals surface area contributed by atoms with Gasteiger partial charge < -0.3 is 5.32 Å². The second-order valence-electron chi connectivity index (χ2n) is 5.87. The van der Waals surface area contributed by atoms with Gasteiger partial charge in [0.05, 0.1) is 0 Å². The van der Waals surface area contributed by atoms with Crippen LogP contribution in [0.1, 0.15) is 36.7 Å². The number of halogens is 2. The molecule has 0 aliphatic rings. The molecule has 2 rings (SSSR count). The minimum atomic E-state index is -0.375. The highest BCUT2D eigenvalue weighted by Gasteiger charge is 2.19. The largest absolute Gasteiger partial charge is 0.380 e. The SMILES string of the molecule is CC(C)(C)Nc1ccccc1C(=O)c1ccc(F)cc1Br. The van der Waals surface area contributed by atoms with Crippen molar-refractivity contribution in [3.8, 4) is 0 Å². The van der Waals surface area contributed by atoms with Gasteiger partial charge in [0.2, 0.25) is 0 Å². The summed E-state index contributed by atoms with van der Waals surface area (Å²) in [7, 11) is 0. The fraction of sp³-hybridized carbons (Fsp3) is 0.235. The average molecular weight is 350 g/mol. The quantitative estimate of drug-likeness (QED) is 0.787. The predicted octanol–water partition coefficient (Wildman–Crippen LogP) is 5.03. The Morgan fingerprint density at radius 2 is 1.76 bits per heavy atom. The van der Waals surface area contributed by atoms with Gasteiger partial charge in [-0.25, -0.2) is 4.39 Å². The first-order chi connectivity index (χ1) is 9.78. The molecule has 0 atom stereocenters. The Morgan fingerprint density at radius 3 is 2.38 bits per heavy atom. The minimum Gasteiger partial charge on any atom is -0.380 e. The van der Waals surface area contributed by atoms with Crippen LogP contribution in [0.3, 0.4) is 0 Å². The number of anilines is 1. The molecule has 4 heteroatoms. The Bertz CT molecular complexity index is 677. The fourth-order valence-electron chi connectivity index (χ4n) is 2.01. The van der Waals surface area contributed by atoms with Gasteiger partial charge in [0.15, 0.2) is 5.78 Å². The number of nitrogens with one attached hydrogen (secondary N) is 1. The number of ketones is 1. The minimum absolute atomic E-state index is 0.144. The van der Waals surface area contributed by atoms with Gasteiger partial charge >= 0.3 is 0 Å². The predicted molar refractivity (Wildman–Crippen MR) is 87.4 cm³/mol.